The van der Waals surface area contributed by atoms with Crippen molar-refractivity contribution in [2.24, 2.45) is 0 Å². The zero-order valence-electron chi connectivity index (χ0n) is 10.2. The fourth-order valence-corrected chi connectivity index (χ4v) is 1.56. The van der Waals surface area contributed by atoms with E-state index < -0.39 is 0 Å². The van der Waals surface area contributed by atoms with Crippen molar-refractivity contribution >= 4 is 0 Å². The third-order valence-electron chi connectivity index (χ3n) is 2.26. The topological polar surface area (TPSA) is 18.5 Å². The van der Waals surface area contributed by atoms with E-state index in [9.17, 15) is 0 Å². The Kier molecular flexibility index (Phi) is 5.48. The van der Waals surface area contributed by atoms with Crippen molar-refractivity contribution in [3.63, 3.8) is 0 Å². The monoisotopic (exact) mass is 220 g/mol. The second kappa shape index (κ2) is 6.94. The van der Waals surface area contributed by atoms with E-state index in [0.717, 1.165) is 24.3 Å². The number of aryl methyl sites for hydroxylation is 1. The van der Waals surface area contributed by atoms with Crippen LogP contribution in [0.3, 0.4) is 0 Å². The highest BCUT2D eigenvalue weighted by atomic mass is 16.5. The normalized spacial score (nSPS) is 9.88. The number of hydrogen-bond acceptors (Lipinski definition) is 2. The van der Waals surface area contributed by atoms with Gasteiger partial charge in [0.1, 0.15) is 11.5 Å². The maximum atomic E-state index is 5.58. The molecule has 0 amide bonds. The zero-order chi connectivity index (χ0) is 11.8. The number of allylic oxidation sites excluding steroid dienone is 1. The summed E-state index contributed by atoms with van der Waals surface area (Å²) in [6.07, 6.45) is 3.82. The van der Waals surface area contributed by atoms with E-state index in [-0.39, 0.29) is 0 Å². The largest absolute Gasteiger partial charge is 0.494 e. The molecule has 0 aliphatic rings. The van der Waals surface area contributed by atoms with Crippen molar-refractivity contribution in [2.75, 3.05) is 13.2 Å². The summed E-state index contributed by atoms with van der Waals surface area (Å²) >= 11 is 0. The van der Waals surface area contributed by atoms with Crippen LogP contribution in [0, 0.1) is 0 Å². The quantitative estimate of drug-likeness (QED) is 0.654. The van der Waals surface area contributed by atoms with Crippen LogP contribution in [-0.4, -0.2) is 13.2 Å². The molecule has 0 N–H and O–H groups in total. The van der Waals surface area contributed by atoms with E-state index in [1.54, 1.807) is 0 Å². The molecule has 0 spiro atoms. The number of rotatable bonds is 7. The average Bonchev–Trinajstić information content (AvgIpc) is 2.30. The maximum Gasteiger partial charge on any atom is 0.122 e. The average molecular weight is 220 g/mol. The van der Waals surface area contributed by atoms with Gasteiger partial charge in [0, 0.05) is 0 Å². The van der Waals surface area contributed by atoms with Crippen LogP contribution in [0.15, 0.2) is 30.9 Å². The van der Waals surface area contributed by atoms with Crippen LogP contribution in [-0.2, 0) is 6.42 Å². The van der Waals surface area contributed by atoms with E-state index in [4.69, 9.17) is 9.47 Å². The van der Waals surface area contributed by atoms with E-state index in [0.29, 0.717) is 13.2 Å². The summed E-state index contributed by atoms with van der Waals surface area (Å²) < 4.78 is 11.1. The van der Waals surface area contributed by atoms with Gasteiger partial charge in [0.25, 0.3) is 0 Å². The SMILES string of the molecule is C=CCCc1cc(OCC)ccc1OCC. The van der Waals surface area contributed by atoms with Crippen LogP contribution < -0.4 is 9.47 Å². The Bertz CT molecular complexity index is 332. The lowest BCUT2D eigenvalue weighted by molar-refractivity contribution is 0.327. The first-order valence-corrected chi connectivity index (χ1v) is 5.81. The highest BCUT2D eigenvalue weighted by Gasteiger charge is 2.04. The second-order valence-electron chi connectivity index (χ2n) is 3.46. The Morgan fingerprint density at radius 2 is 1.94 bits per heavy atom. The van der Waals surface area contributed by atoms with Gasteiger partial charge in [-0.05, 0) is 50.5 Å². The standard InChI is InChI=1S/C14H20O2/c1-4-7-8-12-11-13(15-5-2)9-10-14(12)16-6-3/h4,9-11H,1,5-8H2,2-3H3. The van der Waals surface area contributed by atoms with Gasteiger partial charge in [-0.2, -0.15) is 0 Å². The number of hydrogen-bond donors (Lipinski definition) is 0. The minimum atomic E-state index is 0.689. The molecule has 0 fully saturated rings. The molecule has 0 saturated heterocycles. The molecule has 88 valence electrons. The van der Waals surface area contributed by atoms with Crippen molar-refractivity contribution in [1.82, 2.24) is 0 Å². The summed E-state index contributed by atoms with van der Waals surface area (Å²) in [5.74, 6) is 1.86. The Morgan fingerprint density at radius 3 is 2.56 bits per heavy atom. The lowest BCUT2D eigenvalue weighted by atomic mass is 10.1. The number of ether oxygens (including phenoxy) is 2. The summed E-state index contributed by atoms with van der Waals surface area (Å²) in [7, 11) is 0. The van der Waals surface area contributed by atoms with Gasteiger partial charge in [-0.15, -0.1) is 6.58 Å². The van der Waals surface area contributed by atoms with Crippen molar-refractivity contribution in [3.8, 4) is 11.5 Å². The van der Waals surface area contributed by atoms with E-state index in [1.807, 2.05) is 32.1 Å². The summed E-state index contributed by atoms with van der Waals surface area (Å²) in [6, 6.07) is 5.98. The molecule has 0 saturated carbocycles. The highest BCUT2D eigenvalue weighted by Crippen LogP contribution is 2.25. The molecule has 2 nitrogen and oxygen atoms in total. The second-order valence-corrected chi connectivity index (χ2v) is 3.46. The highest BCUT2D eigenvalue weighted by molar-refractivity contribution is 5.40. The first-order valence-electron chi connectivity index (χ1n) is 5.81. The van der Waals surface area contributed by atoms with Gasteiger partial charge < -0.3 is 9.47 Å². The van der Waals surface area contributed by atoms with Crippen LogP contribution >= 0.6 is 0 Å². The summed E-state index contributed by atoms with van der Waals surface area (Å²) in [5, 5.41) is 0. The molecule has 0 heterocycles. The van der Waals surface area contributed by atoms with Crippen LogP contribution in [0.4, 0.5) is 0 Å². The summed E-state index contributed by atoms with van der Waals surface area (Å²) in [5.41, 5.74) is 1.19. The fourth-order valence-electron chi connectivity index (χ4n) is 1.56. The van der Waals surface area contributed by atoms with Gasteiger partial charge in [0.15, 0.2) is 0 Å². The predicted octanol–water partition coefficient (Wildman–Crippen LogP) is 3.60. The Hall–Kier alpha value is -1.44. The molecule has 1 aromatic carbocycles. The molecule has 2 heteroatoms. The van der Waals surface area contributed by atoms with Crippen molar-refractivity contribution < 1.29 is 9.47 Å². The van der Waals surface area contributed by atoms with Gasteiger partial charge >= 0.3 is 0 Å². The lowest BCUT2D eigenvalue weighted by Crippen LogP contribution is -1.98. The predicted molar refractivity (Wildman–Crippen MR) is 67.3 cm³/mol. The van der Waals surface area contributed by atoms with Gasteiger partial charge in [0.05, 0.1) is 13.2 Å². The molecule has 0 aliphatic carbocycles. The van der Waals surface area contributed by atoms with Gasteiger partial charge in [-0.25, -0.2) is 0 Å². The first kappa shape index (κ1) is 12.6. The van der Waals surface area contributed by atoms with Crippen LogP contribution in [0.2, 0.25) is 0 Å². The van der Waals surface area contributed by atoms with Gasteiger partial charge in [-0.3, -0.25) is 0 Å². The third kappa shape index (κ3) is 3.61. The molecular weight excluding hydrogens is 200 g/mol. The van der Waals surface area contributed by atoms with E-state index in [1.165, 1.54) is 5.56 Å². The first-order chi connectivity index (χ1) is 7.81. The Labute approximate surface area is 97.9 Å². The van der Waals surface area contributed by atoms with Crippen molar-refractivity contribution in [3.05, 3.63) is 36.4 Å². The Morgan fingerprint density at radius 1 is 1.19 bits per heavy atom. The van der Waals surface area contributed by atoms with Gasteiger partial charge in [-0.1, -0.05) is 6.08 Å². The van der Waals surface area contributed by atoms with Crippen LogP contribution in [0.25, 0.3) is 0 Å². The minimum Gasteiger partial charge on any atom is -0.494 e. The van der Waals surface area contributed by atoms with Crippen molar-refractivity contribution in [1.29, 1.82) is 0 Å². The molecule has 0 aliphatic heterocycles. The molecular formula is C14H20O2. The lowest BCUT2D eigenvalue weighted by Gasteiger charge is -2.11. The van der Waals surface area contributed by atoms with E-state index >= 15 is 0 Å². The van der Waals surface area contributed by atoms with E-state index in [2.05, 4.69) is 12.6 Å². The van der Waals surface area contributed by atoms with Crippen molar-refractivity contribution in [2.45, 2.75) is 26.7 Å². The molecule has 0 unspecified atom stereocenters. The van der Waals surface area contributed by atoms with Crippen LogP contribution in [0.1, 0.15) is 25.8 Å². The smallest absolute Gasteiger partial charge is 0.122 e. The van der Waals surface area contributed by atoms with Gasteiger partial charge in [0.2, 0.25) is 0 Å². The minimum absolute atomic E-state index is 0.689. The molecule has 1 rings (SSSR count). The molecule has 0 aromatic heterocycles. The Balaban J connectivity index is 2.85. The maximum absolute atomic E-state index is 5.58. The molecule has 0 bridgehead atoms. The third-order valence-corrected chi connectivity index (χ3v) is 2.26. The summed E-state index contributed by atoms with van der Waals surface area (Å²) in [6.45, 7) is 9.10. The molecule has 0 radical (unpaired) electrons. The molecule has 0 atom stereocenters. The van der Waals surface area contributed by atoms with Crippen LogP contribution in [0.5, 0.6) is 11.5 Å². The number of benzene rings is 1. The molecule has 16 heavy (non-hydrogen) atoms. The fraction of sp³-hybridized carbons (Fsp3) is 0.429. The zero-order valence-corrected chi connectivity index (χ0v) is 10.2. The summed E-state index contributed by atoms with van der Waals surface area (Å²) in [4.78, 5) is 0. The molecule has 1 aromatic rings.